The van der Waals surface area contributed by atoms with E-state index in [0.29, 0.717) is 17.1 Å². The SMILES string of the molecule is CN(C)[C@H](CNC(=O)c1ccc(=O)n(Cc2ccccc2Cl)c1)c1cccc(F)c1. The summed E-state index contributed by atoms with van der Waals surface area (Å²) in [5.41, 5.74) is 1.69. The van der Waals surface area contributed by atoms with E-state index in [0.717, 1.165) is 11.1 Å². The summed E-state index contributed by atoms with van der Waals surface area (Å²) in [4.78, 5) is 26.8. The second-order valence-electron chi connectivity index (χ2n) is 7.22. The number of amides is 1. The molecule has 30 heavy (non-hydrogen) atoms. The molecule has 1 atom stereocenters. The van der Waals surface area contributed by atoms with Gasteiger partial charge in [0.1, 0.15) is 5.82 Å². The fraction of sp³-hybridized carbons (Fsp3) is 0.217. The normalized spacial score (nSPS) is 12.0. The lowest BCUT2D eigenvalue weighted by molar-refractivity contribution is 0.0941. The first-order valence-electron chi connectivity index (χ1n) is 9.49. The summed E-state index contributed by atoms with van der Waals surface area (Å²) < 4.78 is 15.0. The van der Waals surface area contributed by atoms with Gasteiger partial charge in [0.05, 0.1) is 18.2 Å². The standard InChI is InChI=1S/C23H23ClFN3O2/c1-27(2)21(16-7-5-8-19(25)12-16)13-26-23(30)18-10-11-22(29)28(15-18)14-17-6-3-4-9-20(17)24/h3-12,15,21H,13-14H2,1-2H3,(H,26,30)/t21-/m1/s1. The Labute approximate surface area is 179 Å². The molecule has 0 aliphatic carbocycles. The molecule has 0 spiro atoms. The lowest BCUT2D eigenvalue weighted by atomic mass is 10.1. The molecule has 7 heteroatoms. The van der Waals surface area contributed by atoms with E-state index in [4.69, 9.17) is 11.6 Å². The number of carbonyl (C=O) groups excluding carboxylic acids is 1. The summed E-state index contributed by atoms with van der Waals surface area (Å²) in [5, 5.41) is 3.43. The summed E-state index contributed by atoms with van der Waals surface area (Å²) in [5.74, 6) is -0.636. The largest absolute Gasteiger partial charge is 0.350 e. The fourth-order valence-electron chi connectivity index (χ4n) is 3.20. The van der Waals surface area contributed by atoms with E-state index in [1.165, 1.54) is 35.0 Å². The molecule has 0 bridgehead atoms. The van der Waals surface area contributed by atoms with Gasteiger partial charge in [-0.25, -0.2) is 4.39 Å². The van der Waals surface area contributed by atoms with Crippen LogP contribution in [0.1, 0.15) is 27.5 Å². The lowest BCUT2D eigenvalue weighted by Crippen LogP contribution is -2.35. The Bertz CT molecular complexity index is 1100. The number of likely N-dealkylation sites (N-methyl/N-ethyl adjacent to an activating group) is 1. The molecule has 1 aromatic heterocycles. The first-order valence-corrected chi connectivity index (χ1v) is 9.87. The summed E-state index contributed by atoms with van der Waals surface area (Å²) >= 11 is 6.19. The first kappa shape index (κ1) is 21.7. The van der Waals surface area contributed by atoms with Crippen LogP contribution in [0.2, 0.25) is 5.02 Å². The highest BCUT2D eigenvalue weighted by molar-refractivity contribution is 6.31. The minimum Gasteiger partial charge on any atom is -0.350 e. The van der Waals surface area contributed by atoms with Crippen LogP contribution in [0.5, 0.6) is 0 Å². The molecule has 0 aliphatic heterocycles. The third kappa shape index (κ3) is 5.34. The molecule has 1 N–H and O–H groups in total. The van der Waals surface area contributed by atoms with Crippen LogP contribution < -0.4 is 10.9 Å². The minimum atomic E-state index is -0.322. The molecule has 3 aromatic rings. The van der Waals surface area contributed by atoms with Gasteiger partial charge in [0.25, 0.3) is 11.5 Å². The number of rotatable bonds is 7. The maximum Gasteiger partial charge on any atom is 0.252 e. The van der Waals surface area contributed by atoms with Gasteiger partial charge in [-0.1, -0.05) is 41.9 Å². The van der Waals surface area contributed by atoms with Gasteiger partial charge in [0.15, 0.2) is 0 Å². The Balaban J connectivity index is 1.75. The number of nitrogens with zero attached hydrogens (tertiary/aromatic N) is 2. The average molecular weight is 428 g/mol. The number of nitrogens with one attached hydrogen (secondary N) is 1. The van der Waals surface area contributed by atoms with E-state index in [2.05, 4.69) is 5.32 Å². The molecule has 3 rings (SSSR count). The van der Waals surface area contributed by atoms with Crippen LogP contribution in [0.25, 0.3) is 0 Å². The van der Waals surface area contributed by atoms with Crippen LogP contribution in [0, 0.1) is 5.82 Å². The number of halogens is 2. The molecule has 0 radical (unpaired) electrons. The summed E-state index contributed by atoms with van der Waals surface area (Å²) in [6, 6.07) is 16.2. The minimum absolute atomic E-state index is 0.196. The highest BCUT2D eigenvalue weighted by atomic mass is 35.5. The zero-order valence-electron chi connectivity index (χ0n) is 16.8. The monoisotopic (exact) mass is 427 g/mol. The van der Waals surface area contributed by atoms with Gasteiger partial charge in [-0.3, -0.25) is 9.59 Å². The highest BCUT2D eigenvalue weighted by Crippen LogP contribution is 2.19. The number of pyridine rings is 1. The van der Waals surface area contributed by atoms with Crippen LogP contribution in [0.4, 0.5) is 4.39 Å². The number of aromatic nitrogens is 1. The Morgan fingerprint density at radius 1 is 1.13 bits per heavy atom. The maximum absolute atomic E-state index is 13.6. The van der Waals surface area contributed by atoms with E-state index >= 15 is 0 Å². The number of hydrogen-bond acceptors (Lipinski definition) is 3. The smallest absolute Gasteiger partial charge is 0.252 e. The van der Waals surface area contributed by atoms with Gasteiger partial charge < -0.3 is 14.8 Å². The Hall–Kier alpha value is -2.96. The molecule has 0 fully saturated rings. The molecule has 1 amide bonds. The molecule has 0 saturated carbocycles. The van der Waals surface area contributed by atoms with Crippen LogP contribution >= 0.6 is 11.6 Å². The van der Waals surface area contributed by atoms with Crippen molar-refractivity contribution in [3.8, 4) is 0 Å². The predicted molar refractivity (Wildman–Crippen MR) is 116 cm³/mol. The quantitative estimate of drug-likeness (QED) is 0.625. The molecule has 156 valence electrons. The van der Waals surface area contributed by atoms with Gasteiger partial charge in [-0.15, -0.1) is 0 Å². The van der Waals surface area contributed by atoms with Crippen molar-refractivity contribution >= 4 is 17.5 Å². The van der Waals surface area contributed by atoms with Gasteiger partial charge in [0, 0.05) is 23.8 Å². The zero-order chi connectivity index (χ0) is 21.7. The van der Waals surface area contributed by atoms with Crippen molar-refractivity contribution in [2.45, 2.75) is 12.6 Å². The summed E-state index contributed by atoms with van der Waals surface area (Å²) in [6.45, 7) is 0.558. The number of carbonyl (C=O) groups is 1. The maximum atomic E-state index is 13.6. The fourth-order valence-corrected chi connectivity index (χ4v) is 3.40. The Kier molecular flexibility index (Phi) is 7.03. The van der Waals surface area contributed by atoms with Crippen LogP contribution in [0.15, 0.2) is 71.7 Å². The lowest BCUT2D eigenvalue weighted by Gasteiger charge is -2.25. The van der Waals surface area contributed by atoms with Crippen molar-refractivity contribution < 1.29 is 9.18 Å². The van der Waals surface area contributed by atoms with Gasteiger partial charge >= 0.3 is 0 Å². The molecule has 0 saturated heterocycles. The molecule has 0 unspecified atom stereocenters. The van der Waals surface area contributed by atoms with Crippen molar-refractivity contribution in [2.75, 3.05) is 20.6 Å². The van der Waals surface area contributed by atoms with Crippen LogP contribution in [-0.4, -0.2) is 36.0 Å². The summed E-state index contributed by atoms with van der Waals surface area (Å²) in [7, 11) is 3.73. The average Bonchev–Trinajstić information content (AvgIpc) is 2.71. The van der Waals surface area contributed by atoms with Crippen LogP contribution in [0.3, 0.4) is 0 Å². The van der Waals surface area contributed by atoms with Crippen LogP contribution in [-0.2, 0) is 6.54 Å². The van der Waals surface area contributed by atoms with E-state index in [9.17, 15) is 14.0 Å². The van der Waals surface area contributed by atoms with Crippen molar-refractivity contribution in [3.63, 3.8) is 0 Å². The molecule has 2 aromatic carbocycles. The molecule has 0 aliphatic rings. The van der Waals surface area contributed by atoms with Crippen molar-refractivity contribution in [1.29, 1.82) is 0 Å². The Morgan fingerprint density at radius 3 is 2.60 bits per heavy atom. The first-order chi connectivity index (χ1) is 14.3. The zero-order valence-corrected chi connectivity index (χ0v) is 17.6. The van der Waals surface area contributed by atoms with Gasteiger partial charge in [0.2, 0.25) is 0 Å². The number of benzene rings is 2. The Morgan fingerprint density at radius 2 is 1.90 bits per heavy atom. The third-order valence-corrected chi connectivity index (χ3v) is 5.23. The molecule has 5 nitrogen and oxygen atoms in total. The van der Waals surface area contributed by atoms with E-state index in [1.54, 1.807) is 12.1 Å². The van der Waals surface area contributed by atoms with E-state index in [-0.39, 0.29) is 29.9 Å². The topological polar surface area (TPSA) is 54.3 Å². The van der Waals surface area contributed by atoms with Gasteiger partial charge in [-0.05, 0) is 49.5 Å². The number of hydrogen-bond donors (Lipinski definition) is 1. The molecular formula is C23H23ClFN3O2. The predicted octanol–water partition coefficient (Wildman–Crippen LogP) is 3.72. The molecule has 1 heterocycles. The summed E-state index contributed by atoms with van der Waals surface area (Å²) in [6.07, 6.45) is 1.52. The highest BCUT2D eigenvalue weighted by Gasteiger charge is 2.17. The van der Waals surface area contributed by atoms with Crippen molar-refractivity contribution in [3.05, 3.63) is 105 Å². The second kappa shape index (κ2) is 9.69. The van der Waals surface area contributed by atoms with E-state index < -0.39 is 0 Å². The van der Waals surface area contributed by atoms with Crippen molar-refractivity contribution in [1.82, 2.24) is 14.8 Å². The second-order valence-corrected chi connectivity index (χ2v) is 7.63. The molecular weight excluding hydrogens is 405 g/mol. The van der Waals surface area contributed by atoms with Gasteiger partial charge in [-0.2, -0.15) is 0 Å². The third-order valence-electron chi connectivity index (χ3n) is 4.86. The van der Waals surface area contributed by atoms with E-state index in [1.807, 2.05) is 43.3 Å². The van der Waals surface area contributed by atoms with Crippen molar-refractivity contribution in [2.24, 2.45) is 0 Å².